The molecule has 0 spiro atoms. The molecule has 31 heavy (non-hydrogen) atoms. The number of benzene rings is 1. The zero-order valence-electron chi connectivity index (χ0n) is 17.9. The number of nitrogens with zero attached hydrogens (tertiary/aromatic N) is 1. The van der Waals surface area contributed by atoms with Crippen LogP contribution in [0, 0.1) is 0 Å². The van der Waals surface area contributed by atoms with Crippen LogP contribution in [0.1, 0.15) is 68.4 Å². The van der Waals surface area contributed by atoms with Crippen LogP contribution in [0.3, 0.4) is 0 Å². The Morgan fingerprint density at radius 3 is 2.52 bits per heavy atom. The minimum absolute atomic E-state index is 0.0488. The maximum Gasteiger partial charge on any atom is 0.295 e. The van der Waals surface area contributed by atoms with Crippen LogP contribution in [-0.4, -0.2) is 34.3 Å². The van der Waals surface area contributed by atoms with Crippen molar-refractivity contribution in [1.82, 2.24) is 4.90 Å². The van der Waals surface area contributed by atoms with E-state index in [4.69, 9.17) is 4.74 Å². The number of unbranched alkanes of at least 4 members (excludes halogenated alkanes) is 2. The van der Waals surface area contributed by atoms with Gasteiger partial charge in [0.2, 0.25) is 0 Å². The lowest BCUT2D eigenvalue weighted by Gasteiger charge is -2.29. The largest absolute Gasteiger partial charge is 0.507 e. The molecule has 1 amide bonds. The van der Waals surface area contributed by atoms with Gasteiger partial charge in [0.25, 0.3) is 11.7 Å². The van der Waals surface area contributed by atoms with Gasteiger partial charge in [-0.15, -0.1) is 11.3 Å². The number of hydrogen-bond acceptors (Lipinski definition) is 5. The Balaban J connectivity index is 1.65. The van der Waals surface area contributed by atoms with Gasteiger partial charge in [-0.2, -0.15) is 0 Å². The minimum atomic E-state index is -0.595. The zero-order valence-corrected chi connectivity index (χ0v) is 18.7. The monoisotopic (exact) mass is 439 g/mol. The van der Waals surface area contributed by atoms with Gasteiger partial charge < -0.3 is 14.7 Å². The molecule has 1 aliphatic carbocycles. The molecule has 0 radical (unpaired) electrons. The summed E-state index contributed by atoms with van der Waals surface area (Å²) in [7, 11) is 0. The Labute approximate surface area is 187 Å². The number of rotatable bonds is 8. The van der Waals surface area contributed by atoms with Gasteiger partial charge in [0.05, 0.1) is 18.2 Å². The average molecular weight is 440 g/mol. The quantitative estimate of drug-likeness (QED) is 0.249. The van der Waals surface area contributed by atoms with Gasteiger partial charge in [-0.1, -0.05) is 38.7 Å². The Morgan fingerprint density at radius 2 is 1.87 bits per heavy atom. The molecule has 2 aliphatic rings. The molecule has 0 bridgehead atoms. The summed E-state index contributed by atoms with van der Waals surface area (Å²) >= 11 is 1.51. The summed E-state index contributed by atoms with van der Waals surface area (Å²) in [6.45, 7) is 2.81. The van der Waals surface area contributed by atoms with E-state index in [9.17, 15) is 14.7 Å². The molecule has 1 aliphatic heterocycles. The first-order valence-electron chi connectivity index (χ1n) is 11.2. The minimum Gasteiger partial charge on any atom is -0.507 e. The summed E-state index contributed by atoms with van der Waals surface area (Å²) in [6.07, 6.45) is 7.19. The first kappa shape index (κ1) is 21.6. The molecule has 2 aromatic rings. The van der Waals surface area contributed by atoms with Gasteiger partial charge in [0, 0.05) is 16.5 Å². The number of carbonyl (C=O) groups is 2. The van der Waals surface area contributed by atoms with E-state index < -0.39 is 17.7 Å². The Hall–Kier alpha value is -2.60. The van der Waals surface area contributed by atoms with Crippen molar-refractivity contribution in [3.63, 3.8) is 0 Å². The molecular weight excluding hydrogens is 410 g/mol. The topological polar surface area (TPSA) is 66.8 Å². The number of aliphatic hydroxyl groups is 1. The van der Waals surface area contributed by atoms with E-state index in [1.165, 1.54) is 11.3 Å². The smallest absolute Gasteiger partial charge is 0.295 e. The highest BCUT2D eigenvalue weighted by molar-refractivity contribution is 7.10. The number of ketones is 1. The Kier molecular flexibility index (Phi) is 6.76. The normalized spacial score (nSPS) is 21.2. The van der Waals surface area contributed by atoms with E-state index in [1.807, 2.05) is 17.5 Å². The second kappa shape index (κ2) is 9.69. The Morgan fingerprint density at radius 1 is 1.13 bits per heavy atom. The van der Waals surface area contributed by atoms with Gasteiger partial charge >= 0.3 is 0 Å². The molecule has 6 heteroatoms. The van der Waals surface area contributed by atoms with Crippen LogP contribution in [0.5, 0.6) is 5.75 Å². The molecule has 1 saturated carbocycles. The highest BCUT2D eigenvalue weighted by Gasteiger charge is 2.49. The van der Waals surface area contributed by atoms with Crippen molar-refractivity contribution < 1.29 is 19.4 Å². The fourth-order valence-electron chi connectivity index (χ4n) is 4.54. The summed E-state index contributed by atoms with van der Waals surface area (Å²) < 4.78 is 5.75. The number of thiophene rings is 1. The van der Waals surface area contributed by atoms with E-state index in [0.29, 0.717) is 12.2 Å². The number of hydrogen-bond donors (Lipinski definition) is 1. The van der Waals surface area contributed by atoms with Gasteiger partial charge in [0.15, 0.2) is 0 Å². The van der Waals surface area contributed by atoms with E-state index >= 15 is 0 Å². The second-order valence-electron chi connectivity index (χ2n) is 8.24. The molecule has 2 heterocycles. The van der Waals surface area contributed by atoms with Crippen LogP contribution in [0.2, 0.25) is 0 Å². The molecule has 1 saturated heterocycles. The van der Waals surface area contributed by atoms with Crippen LogP contribution in [0.15, 0.2) is 47.4 Å². The van der Waals surface area contributed by atoms with Gasteiger partial charge in [0.1, 0.15) is 11.5 Å². The molecule has 1 N–H and O–H groups in total. The first-order valence-corrected chi connectivity index (χ1v) is 12.1. The third-order valence-electron chi connectivity index (χ3n) is 6.16. The number of amides is 1. The van der Waals surface area contributed by atoms with E-state index in [0.717, 1.165) is 55.6 Å². The van der Waals surface area contributed by atoms with E-state index in [2.05, 4.69) is 6.92 Å². The van der Waals surface area contributed by atoms with Gasteiger partial charge in [-0.3, -0.25) is 9.59 Å². The van der Waals surface area contributed by atoms with Gasteiger partial charge in [-0.05, 0) is 55.0 Å². The van der Waals surface area contributed by atoms with Crippen LogP contribution >= 0.6 is 11.3 Å². The van der Waals surface area contributed by atoms with E-state index in [1.54, 1.807) is 29.2 Å². The maximum atomic E-state index is 13.0. The van der Waals surface area contributed by atoms with Gasteiger partial charge in [-0.25, -0.2) is 0 Å². The van der Waals surface area contributed by atoms with Crippen molar-refractivity contribution in [2.24, 2.45) is 0 Å². The highest BCUT2D eigenvalue weighted by atomic mass is 32.1. The summed E-state index contributed by atoms with van der Waals surface area (Å²) in [5, 5.41) is 13.1. The summed E-state index contributed by atoms with van der Waals surface area (Å²) in [5.41, 5.74) is 0.711. The maximum absolute atomic E-state index is 13.0. The number of aliphatic hydroxyl groups excluding tert-OH is 1. The third kappa shape index (κ3) is 4.40. The Bertz CT molecular complexity index is 942. The van der Waals surface area contributed by atoms with Crippen molar-refractivity contribution in [3.8, 4) is 5.75 Å². The number of carbonyl (C=O) groups excluding carboxylic acids is 2. The van der Waals surface area contributed by atoms with Crippen LogP contribution in [0.4, 0.5) is 0 Å². The summed E-state index contributed by atoms with van der Waals surface area (Å²) in [5.74, 6) is -0.478. The molecule has 1 atom stereocenters. The summed E-state index contributed by atoms with van der Waals surface area (Å²) in [6, 6.07) is 10.5. The molecular formula is C25H29NO4S. The highest BCUT2D eigenvalue weighted by Crippen LogP contribution is 2.44. The molecule has 1 aromatic carbocycles. The van der Waals surface area contributed by atoms with Crippen molar-refractivity contribution in [2.75, 3.05) is 6.61 Å². The number of Topliss-reactive ketones (excluding diaryl/α,β-unsaturated/α-hetero) is 1. The average Bonchev–Trinajstić information content (AvgIpc) is 3.54. The molecule has 2 fully saturated rings. The lowest BCUT2D eigenvalue weighted by atomic mass is 9.99. The number of ether oxygens (including phenoxy) is 1. The molecule has 164 valence electrons. The fourth-order valence-corrected chi connectivity index (χ4v) is 5.37. The van der Waals surface area contributed by atoms with Crippen LogP contribution in [-0.2, 0) is 9.59 Å². The molecule has 4 rings (SSSR count). The summed E-state index contributed by atoms with van der Waals surface area (Å²) in [4.78, 5) is 28.6. The molecule has 5 nitrogen and oxygen atoms in total. The van der Waals surface area contributed by atoms with E-state index in [-0.39, 0.29) is 17.4 Å². The second-order valence-corrected chi connectivity index (χ2v) is 9.22. The van der Waals surface area contributed by atoms with Crippen molar-refractivity contribution in [3.05, 3.63) is 57.8 Å². The predicted octanol–water partition coefficient (Wildman–Crippen LogP) is 5.68. The molecule has 1 aromatic heterocycles. The van der Waals surface area contributed by atoms with Crippen molar-refractivity contribution in [1.29, 1.82) is 0 Å². The fraction of sp³-hybridized carbons (Fsp3) is 0.440. The van der Waals surface area contributed by atoms with Crippen LogP contribution < -0.4 is 4.74 Å². The zero-order chi connectivity index (χ0) is 21.8. The first-order chi connectivity index (χ1) is 15.1. The van der Waals surface area contributed by atoms with Crippen molar-refractivity contribution in [2.45, 2.75) is 64.0 Å². The lowest BCUT2D eigenvalue weighted by Crippen LogP contribution is -2.37. The number of likely N-dealkylation sites (tertiary alicyclic amines) is 1. The standard InChI is InChI=1S/C25H29NO4S/c1-2-3-6-15-30-19-13-11-17(12-14-19)23(27)21-22(20-10-7-16-31-20)26(25(29)24(21)28)18-8-4-5-9-18/h7,10-14,16,18,22,27H,2-6,8-9,15H2,1H3/b23-21-. The van der Waals surface area contributed by atoms with Crippen molar-refractivity contribution >= 4 is 28.8 Å². The SMILES string of the molecule is CCCCCOc1ccc(/C(O)=C2/C(=O)C(=O)N(C3CCCC3)C2c2cccs2)cc1. The third-order valence-corrected chi connectivity index (χ3v) is 7.08. The lowest BCUT2D eigenvalue weighted by molar-refractivity contribution is -0.141. The molecule has 1 unspecified atom stereocenters. The predicted molar refractivity (Wildman–Crippen MR) is 122 cm³/mol. The van der Waals surface area contributed by atoms with Crippen LogP contribution in [0.25, 0.3) is 5.76 Å².